The number of hydrogen-bond donors (Lipinski definition) is 2. The topological polar surface area (TPSA) is 69.6 Å². The second kappa shape index (κ2) is 3.40. The fourth-order valence-corrected chi connectivity index (χ4v) is 1.50. The van der Waals surface area contributed by atoms with Gasteiger partial charge in [-0.1, -0.05) is 0 Å². The quantitative estimate of drug-likeness (QED) is 0.685. The van der Waals surface area contributed by atoms with Crippen LogP contribution in [0.2, 0.25) is 0 Å². The van der Waals surface area contributed by atoms with Crippen molar-refractivity contribution in [3.05, 3.63) is 0 Å². The average Bonchev–Trinajstić information content (AvgIpc) is 1.96. The second-order valence-electron chi connectivity index (χ2n) is 5.16. The first-order chi connectivity index (χ1) is 6.67. The number of carbonyl (C=O) groups excluding carboxylic acids is 1. The molecule has 0 aromatic rings. The van der Waals surface area contributed by atoms with Gasteiger partial charge in [-0.25, -0.2) is 9.59 Å². The van der Waals surface area contributed by atoms with Crippen LogP contribution >= 0.6 is 0 Å². The molecule has 0 radical (unpaired) electrons. The van der Waals surface area contributed by atoms with Gasteiger partial charge in [0, 0.05) is 12.1 Å². The van der Waals surface area contributed by atoms with E-state index in [2.05, 4.69) is 5.32 Å². The molecule has 0 aromatic carbocycles. The van der Waals surface area contributed by atoms with Crippen LogP contribution in [0.1, 0.15) is 34.1 Å². The number of nitrogens with zero attached hydrogens (tertiary/aromatic N) is 1. The number of aliphatic carboxylic acids is 1. The number of hydrogen-bond acceptors (Lipinski definition) is 2. The van der Waals surface area contributed by atoms with E-state index in [0.717, 1.165) is 0 Å². The molecule has 2 N–H and O–H groups in total. The maximum atomic E-state index is 11.7. The highest BCUT2D eigenvalue weighted by molar-refractivity contribution is 5.88. The predicted octanol–water partition coefficient (Wildman–Crippen LogP) is 1.04. The minimum absolute atomic E-state index is 0.307. The smallest absolute Gasteiger partial charge is 0.329 e. The van der Waals surface area contributed by atoms with E-state index in [-0.39, 0.29) is 11.6 Å². The highest BCUT2D eigenvalue weighted by Gasteiger charge is 2.50. The van der Waals surface area contributed by atoms with Gasteiger partial charge < -0.3 is 15.3 Å². The number of carboxylic acid groups (broad SMARTS) is 1. The van der Waals surface area contributed by atoms with Gasteiger partial charge in [0.05, 0.1) is 0 Å². The summed E-state index contributed by atoms with van der Waals surface area (Å²) in [6.07, 6.45) is 0.514. The van der Waals surface area contributed by atoms with Crippen molar-refractivity contribution in [2.24, 2.45) is 0 Å². The highest BCUT2D eigenvalue weighted by atomic mass is 16.4. The van der Waals surface area contributed by atoms with E-state index in [1.54, 1.807) is 6.92 Å². The van der Waals surface area contributed by atoms with Crippen molar-refractivity contribution in [3.63, 3.8) is 0 Å². The summed E-state index contributed by atoms with van der Waals surface area (Å²) in [5, 5.41) is 11.7. The van der Waals surface area contributed by atoms with Crippen LogP contribution in [-0.4, -0.2) is 39.6 Å². The number of amides is 2. The minimum Gasteiger partial charge on any atom is -0.480 e. The molecule has 5 nitrogen and oxygen atoms in total. The third-order valence-corrected chi connectivity index (χ3v) is 2.61. The number of carboxylic acids is 1. The number of rotatable bonds is 1. The molecule has 0 aliphatic carbocycles. The monoisotopic (exact) mass is 214 g/mol. The van der Waals surface area contributed by atoms with Crippen molar-refractivity contribution in [3.8, 4) is 0 Å². The van der Waals surface area contributed by atoms with Crippen molar-refractivity contribution >= 4 is 12.0 Å². The molecule has 0 aromatic heterocycles. The zero-order chi connectivity index (χ0) is 11.9. The summed E-state index contributed by atoms with van der Waals surface area (Å²) in [4.78, 5) is 24.0. The molecule has 1 heterocycles. The molecule has 2 amide bonds. The van der Waals surface area contributed by atoms with Crippen LogP contribution in [0.15, 0.2) is 0 Å². The average molecular weight is 214 g/mol. The summed E-state index contributed by atoms with van der Waals surface area (Å²) in [5.74, 6) is -0.946. The Morgan fingerprint density at radius 1 is 1.40 bits per heavy atom. The van der Waals surface area contributed by atoms with Gasteiger partial charge in [-0.05, 0) is 34.1 Å². The third kappa shape index (κ3) is 2.22. The first-order valence-electron chi connectivity index (χ1n) is 5.00. The summed E-state index contributed by atoms with van der Waals surface area (Å²) in [5.41, 5.74) is -1.37. The summed E-state index contributed by atoms with van der Waals surface area (Å²) in [6.45, 7) is 7.67. The first kappa shape index (κ1) is 11.8. The normalized spacial score (nSPS) is 25.7. The molecule has 5 heteroatoms. The predicted molar refractivity (Wildman–Crippen MR) is 55.6 cm³/mol. The maximum absolute atomic E-state index is 11.7. The standard InChI is InChI=1S/C10H18N2O3/c1-9(2,3)11-8(15)12-6-5-10(12,4)7(13)14/h5-6H2,1-4H3,(H,11,15)(H,13,14)/t10-/m0/s1. The van der Waals surface area contributed by atoms with Crippen LogP contribution in [-0.2, 0) is 4.79 Å². The molecule has 1 saturated heterocycles. The third-order valence-electron chi connectivity index (χ3n) is 2.61. The van der Waals surface area contributed by atoms with Crippen molar-refractivity contribution in [2.45, 2.75) is 45.2 Å². The molecule has 15 heavy (non-hydrogen) atoms. The number of carbonyl (C=O) groups is 2. The largest absolute Gasteiger partial charge is 0.480 e. The molecule has 1 fully saturated rings. The zero-order valence-corrected chi connectivity index (χ0v) is 9.63. The lowest BCUT2D eigenvalue weighted by Gasteiger charge is -2.47. The van der Waals surface area contributed by atoms with Crippen LogP contribution in [0.3, 0.4) is 0 Å². The highest BCUT2D eigenvalue weighted by Crippen LogP contribution is 2.30. The summed E-state index contributed by atoms with van der Waals surface area (Å²) >= 11 is 0. The van der Waals surface area contributed by atoms with Gasteiger partial charge >= 0.3 is 12.0 Å². The van der Waals surface area contributed by atoms with Crippen LogP contribution in [0.5, 0.6) is 0 Å². The molecule has 1 rings (SSSR count). The Hall–Kier alpha value is -1.26. The van der Waals surface area contributed by atoms with E-state index >= 15 is 0 Å². The van der Waals surface area contributed by atoms with Crippen molar-refractivity contribution in [1.29, 1.82) is 0 Å². The first-order valence-corrected chi connectivity index (χ1v) is 5.00. The number of likely N-dealkylation sites (tertiary alicyclic amines) is 1. The lowest BCUT2D eigenvalue weighted by molar-refractivity contribution is -0.155. The van der Waals surface area contributed by atoms with Crippen molar-refractivity contribution < 1.29 is 14.7 Å². The van der Waals surface area contributed by atoms with Gasteiger partial charge in [0.25, 0.3) is 0 Å². The Balaban J connectivity index is 2.67. The Morgan fingerprint density at radius 3 is 2.20 bits per heavy atom. The van der Waals surface area contributed by atoms with E-state index < -0.39 is 11.5 Å². The van der Waals surface area contributed by atoms with Gasteiger partial charge in [0.1, 0.15) is 5.54 Å². The lowest BCUT2D eigenvalue weighted by Crippen LogP contribution is -2.68. The van der Waals surface area contributed by atoms with Crippen molar-refractivity contribution in [2.75, 3.05) is 6.54 Å². The van der Waals surface area contributed by atoms with E-state index in [9.17, 15) is 9.59 Å². The Bertz CT molecular complexity index is 296. The molecule has 1 atom stereocenters. The van der Waals surface area contributed by atoms with Crippen LogP contribution < -0.4 is 5.32 Å². The lowest BCUT2D eigenvalue weighted by atomic mass is 9.87. The fraction of sp³-hybridized carbons (Fsp3) is 0.800. The van der Waals surface area contributed by atoms with E-state index in [1.807, 2.05) is 20.8 Å². The van der Waals surface area contributed by atoms with Gasteiger partial charge in [0.15, 0.2) is 0 Å². The van der Waals surface area contributed by atoms with Gasteiger partial charge in [0.2, 0.25) is 0 Å². The van der Waals surface area contributed by atoms with E-state index in [1.165, 1.54) is 4.90 Å². The Labute approximate surface area is 89.4 Å². The van der Waals surface area contributed by atoms with Gasteiger partial charge in [-0.15, -0.1) is 0 Å². The molecule has 0 spiro atoms. The van der Waals surface area contributed by atoms with E-state index in [0.29, 0.717) is 13.0 Å². The molecule has 0 bridgehead atoms. The Morgan fingerprint density at radius 2 is 1.93 bits per heavy atom. The molecule has 0 saturated carbocycles. The molecular weight excluding hydrogens is 196 g/mol. The molecular formula is C10H18N2O3. The summed E-state index contributed by atoms with van der Waals surface area (Å²) in [6, 6.07) is -0.307. The van der Waals surface area contributed by atoms with Gasteiger partial charge in [-0.2, -0.15) is 0 Å². The molecule has 1 aliphatic rings. The molecule has 0 unspecified atom stereocenters. The zero-order valence-electron chi connectivity index (χ0n) is 9.63. The van der Waals surface area contributed by atoms with Crippen molar-refractivity contribution in [1.82, 2.24) is 10.2 Å². The van der Waals surface area contributed by atoms with Crippen LogP contribution in [0.25, 0.3) is 0 Å². The number of nitrogens with one attached hydrogen (secondary N) is 1. The number of urea groups is 1. The summed E-state index contributed by atoms with van der Waals surface area (Å²) < 4.78 is 0. The molecule has 86 valence electrons. The van der Waals surface area contributed by atoms with Gasteiger partial charge in [-0.3, -0.25) is 0 Å². The second-order valence-corrected chi connectivity index (χ2v) is 5.16. The fourth-order valence-electron chi connectivity index (χ4n) is 1.50. The summed E-state index contributed by atoms with van der Waals surface area (Å²) in [7, 11) is 0. The van der Waals surface area contributed by atoms with E-state index in [4.69, 9.17) is 5.11 Å². The minimum atomic E-state index is -1.03. The molecule has 1 aliphatic heterocycles. The SMILES string of the molecule is CC(C)(C)NC(=O)N1CC[C@@]1(C)C(=O)O. The Kier molecular flexibility index (Phi) is 2.67. The maximum Gasteiger partial charge on any atom is 0.329 e. The van der Waals surface area contributed by atoms with Crippen LogP contribution in [0.4, 0.5) is 4.79 Å². The van der Waals surface area contributed by atoms with Crippen LogP contribution in [0, 0.1) is 0 Å².